The maximum absolute atomic E-state index is 13.3. The zero-order valence-corrected chi connectivity index (χ0v) is 14.3. The second-order valence-electron chi connectivity index (χ2n) is 6.40. The summed E-state index contributed by atoms with van der Waals surface area (Å²) < 4.78 is 26.3. The summed E-state index contributed by atoms with van der Waals surface area (Å²) in [5.41, 5.74) is 1.16. The molecule has 26 heavy (non-hydrogen) atoms. The SMILES string of the molecule is O=C(NCc1ccccc1)C1CCN(C(=O)c2ccc(F)c(F)c2)CC1. The normalized spacial score (nSPS) is 14.9. The summed E-state index contributed by atoms with van der Waals surface area (Å²) >= 11 is 0. The Kier molecular flexibility index (Phi) is 5.61. The third-order valence-corrected chi connectivity index (χ3v) is 4.63. The van der Waals surface area contributed by atoms with E-state index in [4.69, 9.17) is 0 Å². The number of benzene rings is 2. The highest BCUT2D eigenvalue weighted by Gasteiger charge is 2.28. The number of hydrogen-bond acceptors (Lipinski definition) is 2. The topological polar surface area (TPSA) is 49.4 Å². The van der Waals surface area contributed by atoms with Crippen LogP contribution < -0.4 is 5.32 Å². The van der Waals surface area contributed by atoms with Crippen molar-refractivity contribution in [1.29, 1.82) is 0 Å². The fraction of sp³-hybridized carbons (Fsp3) is 0.300. The Hall–Kier alpha value is -2.76. The summed E-state index contributed by atoms with van der Waals surface area (Å²) in [6.45, 7) is 1.32. The number of piperidine rings is 1. The van der Waals surface area contributed by atoms with Gasteiger partial charge in [-0.05, 0) is 36.6 Å². The number of nitrogens with zero attached hydrogens (tertiary/aromatic N) is 1. The van der Waals surface area contributed by atoms with Gasteiger partial charge in [0.25, 0.3) is 5.91 Å². The highest BCUT2D eigenvalue weighted by atomic mass is 19.2. The lowest BCUT2D eigenvalue weighted by Gasteiger charge is -2.31. The monoisotopic (exact) mass is 358 g/mol. The van der Waals surface area contributed by atoms with E-state index in [1.165, 1.54) is 6.07 Å². The van der Waals surface area contributed by atoms with Gasteiger partial charge in [0.2, 0.25) is 5.91 Å². The number of halogens is 2. The van der Waals surface area contributed by atoms with Gasteiger partial charge < -0.3 is 10.2 Å². The molecule has 136 valence electrons. The minimum atomic E-state index is -1.04. The van der Waals surface area contributed by atoms with Crippen molar-refractivity contribution < 1.29 is 18.4 Å². The molecule has 0 aromatic heterocycles. The third kappa shape index (κ3) is 4.25. The van der Waals surface area contributed by atoms with E-state index in [0.717, 1.165) is 17.7 Å². The van der Waals surface area contributed by atoms with Crippen molar-refractivity contribution in [3.05, 3.63) is 71.3 Å². The average Bonchev–Trinajstić information content (AvgIpc) is 2.68. The number of carbonyl (C=O) groups excluding carboxylic acids is 2. The van der Waals surface area contributed by atoms with Crippen molar-refractivity contribution >= 4 is 11.8 Å². The molecule has 1 heterocycles. The summed E-state index contributed by atoms with van der Waals surface area (Å²) in [5.74, 6) is -2.52. The van der Waals surface area contributed by atoms with Crippen molar-refractivity contribution in [1.82, 2.24) is 10.2 Å². The van der Waals surface area contributed by atoms with E-state index in [1.54, 1.807) is 4.90 Å². The zero-order chi connectivity index (χ0) is 18.5. The lowest BCUT2D eigenvalue weighted by molar-refractivity contribution is -0.126. The van der Waals surface area contributed by atoms with Gasteiger partial charge in [0.1, 0.15) is 0 Å². The summed E-state index contributed by atoms with van der Waals surface area (Å²) in [5, 5.41) is 2.92. The first-order chi connectivity index (χ1) is 12.5. The second-order valence-corrected chi connectivity index (χ2v) is 6.40. The maximum Gasteiger partial charge on any atom is 0.253 e. The van der Waals surface area contributed by atoms with Crippen LogP contribution in [0.1, 0.15) is 28.8 Å². The number of rotatable bonds is 4. The number of amides is 2. The van der Waals surface area contributed by atoms with E-state index in [0.29, 0.717) is 32.5 Å². The summed E-state index contributed by atoms with van der Waals surface area (Å²) in [4.78, 5) is 26.3. The van der Waals surface area contributed by atoms with E-state index in [1.807, 2.05) is 30.3 Å². The van der Waals surface area contributed by atoms with Crippen LogP contribution in [0.2, 0.25) is 0 Å². The third-order valence-electron chi connectivity index (χ3n) is 4.63. The Morgan fingerprint density at radius 3 is 2.35 bits per heavy atom. The molecule has 2 aromatic carbocycles. The molecule has 6 heteroatoms. The Morgan fingerprint density at radius 1 is 1.00 bits per heavy atom. The van der Waals surface area contributed by atoms with Gasteiger partial charge in [-0.3, -0.25) is 9.59 Å². The van der Waals surface area contributed by atoms with Gasteiger partial charge in [-0.15, -0.1) is 0 Å². The molecule has 2 amide bonds. The minimum Gasteiger partial charge on any atom is -0.352 e. The molecule has 0 spiro atoms. The van der Waals surface area contributed by atoms with Crippen molar-refractivity contribution in [2.75, 3.05) is 13.1 Å². The van der Waals surface area contributed by atoms with Crippen molar-refractivity contribution in [2.45, 2.75) is 19.4 Å². The van der Waals surface area contributed by atoms with Crippen molar-refractivity contribution in [2.24, 2.45) is 5.92 Å². The molecule has 2 aromatic rings. The standard InChI is InChI=1S/C20H20F2N2O2/c21-17-7-6-16(12-18(17)22)20(26)24-10-8-15(9-11-24)19(25)23-13-14-4-2-1-3-5-14/h1-7,12,15H,8-11,13H2,(H,23,25). The molecule has 1 fully saturated rings. The van der Waals surface area contributed by atoms with Crippen LogP contribution in [0.25, 0.3) is 0 Å². The smallest absolute Gasteiger partial charge is 0.253 e. The Labute approximate surface area is 150 Å². The zero-order valence-electron chi connectivity index (χ0n) is 14.3. The van der Waals surface area contributed by atoms with E-state index in [2.05, 4.69) is 5.32 Å². The Bertz CT molecular complexity index is 788. The molecule has 4 nitrogen and oxygen atoms in total. The Morgan fingerprint density at radius 2 is 1.69 bits per heavy atom. The first-order valence-corrected chi connectivity index (χ1v) is 8.60. The molecular weight excluding hydrogens is 338 g/mol. The molecule has 0 unspecified atom stereocenters. The van der Waals surface area contributed by atoms with Crippen molar-refractivity contribution in [3.8, 4) is 0 Å². The van der Waals surface area contributed by atoms with Gasteiger partial charge in [0.05, 0.1) is 0 Å². The van der Waals surface area contributed by atoms with Gasteiger partial charge in [0, 0.05) is 31.1 Å². The largest absolute Gasteiger partial charge is 0.352 e. The molecule has 0 aliphatic carbocycles. The van der Waals surface area contributed by atoms with Crippen LogP contribution in [0, 0.1) is 17.6 Å². The molecular formula is C20H20F2N2O2. The molecule has 1 saturated heterocycles. The quantitative estimate of drug-likeness (QED) is 0.913. The van der Waals surface area contributed by atoms with Crippen LogP contribution in [0.4, 0.5) is 8.78 Å². The first kappa shape index (κ1) is 18.0. The highest BCUT2D eigenvalue weighted by Crippen LogP contribution is 2.20. The molecule has 1 aliphatic rings. The van der Waals surface area contributed by atoms with Gasteiger partial charge in [-0.2, -0.15) is 0 Å². The van der Waals surface area contributed by atoms with Crippen LogP contribution in [-0.2, 0) is 11.3 Å². The van der Waals surface area contributed by atoms with Gasteiger partial charge in [-0.1, -0.05) is 30.3 Å². The summed E-state index contributed by atoms with van der Waals surface area (Å²) in [6.07, 6.45) is 1.10. The molecule has 1 N–H and O–H groups in total. The van der Waals surface area contributed by atoms with Crippen LogP contribution >= 0.6 is 0 Å². The lowest BCUT2D eigenvalue weighted by atomic mass is 9.95. The number of likely N-dealkylation sites (tertiary alicyclic amines) is 1. The molecule has 0 bridgehead atoms. The summed E-state index contributed by atoms with van der Waals surface area (Å²) in [7, 11) is 0. The van der Waals surface area contributed by atoms with Crippen LogP contribution in [-0.4, -0.2) is 29.8 Å². The molecule has 3 rings (SSSR count). The molecule has 0 atom stereocenters. The van der Waals surface area contributed by atoms with Crippen LogP contribution in [0.5, 0.6) is 0 Å². The van der Waals surface area contributed by atoms with Gasteiger partial charge in [-0.25, -0.2) is 8.78 Å². The first-order valence-electron chi connectivity index (χ1n) is 8.60. The predicted molar refractivity (Wildman–Crippen MR) is 93.3 cm³/mol. The lowest BCUT2D eigenvalue weighted by Crippen LogP contribution is -2.43. The Balaban J connectivity index is 1.51. The predicted octanol–water partition coefficient (Wildman–Crippen LogP) is 3.13. The second kappa shape index (κ2) is 8.08. The molecule has 0 saturated carbocycles. The highest BCUT2D eigenvalue weighted by molar-refractivity contribution is 5.94. The van der Waals surface area contributed by atoms with Gasteiger partial charge in [0.15, 0.2) is 11.6 Å². The minimum absolute atomic E-state index is 0.0196. The molecule has 1 aliphatic heterocycles. The van der Waals surface area contributed by atoms with E-state index < -0.39 is 11.6 Å². The summed E-state index contributed by atoms with van der Waals surface area (Å²) in [6, 6.07) is 12.8. The van der Waals surface area contributed by atoms with Crippen LogP contribution in [0.3, 0.4) is 0 Å². The van der Waals surface area contributed by atoms with E-state index in [9.17, 15) is 18.4 Å². The molecule has 0 radical (unpaired) electrons. The maximum atomic E-state index is 13.3. The number of carbonyl (C=O) groups is 2. The van der Waals surface area contributed by atoms with E-state index >= 15 is 0 Å². The van der Waals surface area contributed by atoms with E-state index in [-0.39, 0.29) is 23.3 Å². The number of nitrogens with one attached hydrogen (secondary N) is 1. The fourth-order valence-corrected chi connectivity index (χ4v) is 3.09. The van der Waals surface area contributed by atoms with Gasteiger partial charge >= 0.3 is 0 Å². The number of hydrogen-bond donors (Lipinski definition) is 1. The van der Waals surface area contributed by atoms with Crippen LogP contribution in [0.15, 0.2) is 48.5 Å². The average molecular weight is 358 g/mol. The van der Waals surface area contributed by atoms with Crippen molar-refractivity contribution in [3.63, 3.8) is 0 Å². The fourth-order valence-electron chi connectivity index (χ4n) is 3.09.